The number of benzene rings is 2. The highest BCUT2D eigenvalue weighted by atomic mass is 32.2. The highest BCUT2D eigenvalue weighted by Gasteiger charge is 2.27. The van der Waals surface area contributed by atoms with Crippen molar-refractivity contribution in [2.45, 2.75) is 10.9 Å². The van der Waals surface area contributed by atoms with E-state index in [0.29, 0.717) is 16.9 Å². The fourth-order valence-corrected chi connectivity index (χ4v) is 4.74. The molecule has 4 rings (SSSR count). The molecule has 0 unspecified atom stereocenters. The lowest BCUT2D eigenvalue weighted by molar-refractivity contribution is 0.563. The maximum atomic E-state index is 13.1. The van der Waals surface area contributed by atoms with Gasteiger partial charge < -0.3 is 4.57 Å². The summed E-state index contributed by atoms with van der Waals surface area (Å²) in [6.45, 7) is 0. The molecule has 0 bridgehead atoms. The molecule has 9 heteroatoms. The summed E-state index contributed by atoms with van der Waals surface area (Å²) in [4.78, 5) is 4.44. The van der Waals surface area contributed by atoms with Crippen molar-refractivity contribution in [1.82, 2.24) is 23.0 Å². The van der Waals surface area contributed by atoms with E-state index in [2.05, 4.69) is 18.5 Å². The Morgan fingerprint density at radius 1 is 1.08 bits per heavy atom. The fraction of sp³-hybridized carbons (Fsp3) is 0.118. The third-order valence-electron chi connectivity index (χ3n) is 4.06. The zero-order chi connectivity index (χ0) is 18.1. The predicted molar refractivity (Wildman–Crippen MR) is 99.2 cm³/mol. The number of imidazole rings is 1. The van der Waals surface area contributed by atoms with Gasteiger partial charge in [-0.1, -0.05) is 36.4 Å². The molecule has 1 atom stereocenters. The largest absolute Gasteiger partial charge is 0.336 e. The Morgan fingerprint density at radius 2 is 1.88 bits per heavy atom. The number of sulfonamides is 1. The molecular weight excluding hydrogens is 370 g/mol. The van der Waals surface area contributed by atoms with Crippen LogP contribution in [0.3, 0.4) is 0 Å². The van der Waals surface area contributed by atoms with E-state index in [4.69, 9.17) is 0 Å². The van der Waals surface area contributed by atoms with Crippen LogP contribution in [-0.2, 0) is 17.1 Å². The zero-order valence-corrected chi connectivity index (χ0v) is 15.4. The Hall–Kier alpha value is -2.62. The number of hydrogen-bond acceptors (Lipinski definition) is 6. The first-order valence-corrected chi connectivity index (χ1v) is 10.0. The molecule has 0 aliphatic heterocycles. The average Bonchev–Trinajstić information content (AvgIpc) is 3.29. The molecule has 0 aliphatic carbocycles. The number of aromatic nitrogens is 4. The molecule has 7 nitrogen and oxygen atoms in total. The maximum absolute atomic E-state index is 13.1. The summed E-state index contributed by atoms with van der Waals surface area (Å²) in [6, 6.07) is 13.7. The average molecular weight is 385 g/mol. The van der Waals surface area contributed by atoms with Crippen LogP contribution < -0.4 is 4.72 Å². The van der Waals surface area contributed by atoms with Crippen molar-refractivity contribution in [2.24, 2.45) is 7.05 Å². The molecule has 4 aromatic rings. The second kappa shape index (κ2) is 6.60. The van der Waals surface area contributed by atoms with Crippen molar-refractivity contribution >= 4 is 32.8 Å². The molecule has 0 saturated heterocycles. The highest BCUT2D eigenvalue weighted by molar-refractivity contribution is 7.89. The molecule has 0 fully saturated rings. The van der Waals surface area contributed by atoms with Crippen LogP contribution in [0.2, 0.25) is 0 Å². The van der Waals surface area contributed by atoms with E-state index in [9.17, 15) is 8.42 Å². The van der Waals surface area contributed by atoms with E-state index in [-0.39, 0.29) is 4.90 Å². The molecule has 0 radical (unpaired) electrons. The number of rotatable bonds is 5. The molecule has 132 valence electrons. The number of hydrogen-bond donors (Lipinski definition) is 1. The lowest BCUT2D eigenvalue weighted by atomic mass is 10.1. The van der Waals surface area contributed by atoms with Crippen LogP contribution in [0.15, 0.2) is 65.8 Å². The predicted octanol–water partition coefficient (Wildman–Crippen LogP) is 2.49. The van der Waals surface area contributed by atoms with E-state index in [0.717, 1.165) is 17.3 Å². The third-order valence-corrected chi connectivity index (χ3v) is 6.06. The van der Waals surface area contributed by atoms with Gasteiger partial charge in [-0.25, -0.2) is 13.4 Å². The van der Waals surface area contributed by atoms with Gasteiger partial charge in [-0.3, -0.25) is 0 Å². The number of nitrogens with zero attached hydrogens (tertiary/aromatic N) is 4. The first-order chi connectivity index (χ1) is 12.6. The quantitative estimate of drug-likeness (QED) is 0.570. The van der Waals surface area contributed by atoms with Gasteiger partial charge in [-0.05, 0) is 17.7 Å². The SMILES string of the molecule is Cn1ccnc1[C@H](NS(=O)(=O)c1cccc2nsnc12)c1ccccc1. The molecule has 0 spiro atoms. The van der Waals surface area contributed by atoms with Gasteiger partial charge in [0, 0.05) is 19.4 Å². The summed E-state index contributed by atoms with van der Waals surface area (Å²) in [6.07, 6.45) is 3.43. The van der Waals surface area contributed by atoms with Gasteiger partial charge in [0.1, 0.15) is 27.8 Å². The summed E-state index contributed by atoms with van der Waals surface area (Å²) in [5.74, 6) is 0.600. The third kappa shape index (κ3) is 3.00. The van der Waals surface area contributed by atoms with E-state index >= 15 is 0 Å². The van der Waals surface area contributed by atoms with Crippen LogP contribution in [0.4, 0.5) is 0 Å². The van der Waals surface area contributed by atoms with Crippen molar-refractivity contribution in [3.05, 3.63) is 72.3 Å². The minimum Gasteiger partial charge on any atom is -0.336 e. The first-order valence-electron chi connectivity index (χ1n) is 7.82. The molecule has 2 heterocycles. The maximum Gasteiger partial charge on any atom is 0.243 e. The second-order valence-electron chi connectivity index (χ2n) is 5.75. The molecule has 2 aromatic heterocycles. The first kappa shape index (κ1) is 16.8. The van der Waals surface area contributed by atoms with Crippen LogP contribution in [0, 0.1) is 0 Å². The van der Waals surface area contributed by atoms with Gasteiger partial charge in [-0.15, -0.1) is 0 Å². The molecule has 2 aromatic carbocycles. The number of fused-ring (bicyclic) bond motifs is 1. The van der Waals surface area contributed by atoms with Crippen LogP contribution in [-0.4, -0.2) is 26.7 Å². The van der Waals surface area contributed by atoms with E-state index in [1.165, 1.54) is 6.07 Å². The van der Waals surface area contributed by atoms with Gasteiger partial charge in [0.15, 0.2) is 0 Å². The molecule has 0 saturated carbocycles. The fourth-order valence-electron chi connectivity index (χ4n) is 2.79. The van der Waals surface area contributed by atoms with Gasteiger partial charge in [0.2, 0.25) is 10.0 Å². The summed E-state index contributed by atoms with van der Waals surface area (Å²) in [5, 5.41) is 0. The summed E-state index contributed by atoms with van der Waals surface area (Å²) < 4.78 is 39.1. The molecule has 26 heavy (non-hydrogen) atoms. The Morgan fingerprint density at radius 3 is 2.62 bits per heavy atom. The van der Waals surface area contributed by atoms with Gasteiger partial charge in [-0.2, -0.15) is 13.5 Å². The Labute approximate surface area is 154 Å². The minimum atomic E-state index is -3.85. The van der Waals surface area contributed by atoms with Crippen molar-refractivity contribution < 1.29 is 8.42 Å². The summed E-state index contributed by atoms with van der Waals surface area (Å²) in [5.41, 5.74) is 1.73. The van der Waals surface area contributed by atoms with Crippen molar-refractivity contribution in [3.8, 4) is 0 Å². The Balaban J connectivity index is 1.81. The standard InChI is InChI=1S/C17H15N5O2S2/c1-22-11-10-18-17(22)15(12-6-3-2-4-7-12)21-26(23,24)14-9-5-8-13-16(14)20-25-19-13/h2-11,15,21H,1H3/t15-/m1/s1. The monoisotopic (exact) mass is 385 g/mol. The van der Waals surface area contributed by atoms with Crippen molar-refractivity contribution in [1.29, 1.82) is 0 Å². The normalized spacial score (nSPS) is 13.1. The highest BCUT2D eigenvalue weighted by Crippen LogP contribution is 2.26. The molecular formula is C17H15N5O2S2. The van der Waals surface area contributed by atoms with Crippen molar-refractivity contribution in [3.63, 3.8) is 0 Å². The second-order valence-corrected chi connectivity index (χ2v) is 7.96. The zero-order valence-electron chi connectivity index (χ0n) is 13.8. The van der Waals surface area contributed by atoms with Crippen LogP contribution in [0.25, 0.3) is 11.0 Å². The number of aryl methyl sites for hydroxylation is 1. The Bertz CT molecular complexity index is 1150. The van der Waals surface area contributed by atoms with E-state index in [1.54, 1.807) is 29.1 Å². The molecule has 0 amide bonds. The van der Waals surface area contributed by atoms with Crippen molar-refractivity contribution in [2.75, 3.05) is 0 Å². The summed E-state index contributed by atoms with van der Waals surface area (Å²) in [7, 11) is -2.02. The lowest BCUT2D eigenvalue weighted by Crippen LogP contribution is -2.31. The topological polar surface area (TPSA) is 89.8 Å². The minimum absolute atomic E-state index is 0.110. The van der Waals surface area contributed by atoms with E-state index in [1.807, 2.05) is 37.4 Å². The Kier molecular flexibility index (Phi) is 4.27. The smallest absolute Gasteiger partial charge is 0.243 e. The van der Waals surface area contributed by atoms with Crippen LogP contribution in [0.1, 0.15) is 17.4 Å². The lowest BCUT2D eigenvalue weighted by Gasteiger charge is -2.19. The number of nitrogens with one attached hydrogen (secondary N) is 1. The summed E-state index contributed by atoms with van der Waals surface area (Å²) >= 11 is 0.990. The van der Waals surface area contributed by atoms with Gasteiger partial charge >= 0.3 is 0 Å². The van der Waals surface area contributed by atoms with Gasteiger partial charge in [0.25, 0.3) is 0 Å². The molecule has 0 aliphatic rings. The molecule has 1 N–H and O–H groups in total. The van der Waals surface area contributed by atoms with Crippen LogP contribution in [0.5, 0.6) is 0 Å². The van der Waals surface area contributed by atoms with Gasteiger partial charge in [0.05, 0.1) is 11.7 Å². The van der Waals surface area contributed by atoms with E-state index < -0.39 is 16.1 Å². The van der Waals surface area contributed by atoms with Crippen LogP contribution >= 0.6 is 11.7 Å².